The van der Waals surface area contributed by atoms with Crippen molar-refractivity contribution in [2.24, 2.45) is 0 Å². The molecule has 0 amide bonds. The average molecular weight is 140 g/mol. The maximum Gasteiger partial charge on any atom is 0.193 e. The Balaban J connectivity index is 3.12. The molecule has 1 aromatic heterocycles. The van der Waals surface area contributed by atoms with Gasteiger partial charge in [0.15, 0.2) is 5.82 Å². The van der Waals surface area contributed by atoms with E-state index in [9.17, 15) is 0 Å². The summed E-state index contributed by atoms with van der Waals surface area (Å²) in [5.41, 5.74) is 0.532. The molecule has 1 rings (SSSR count). The number of anilines is 1. The summed E-state index contributed by atoms with van der Waals surface area (Å²) in [6.45, 7) is 3.49. The molecular weight excluding hydrogens is 132 g/mol. The molecule has 0 spiro atoms. The first-order valence-electron chi connectivity index (χ1n) is 2.74. The lowest BCUT2D eigenvalue weighted by atomic mass is 10.4. The minimum absolute atomic E-state index is 0.440. The molecule has 10 heavy (non-hydrogen) atoms. The minimum atomic E-state index is 0.440. The third-order valence-electron chi connectivity index (χ3n) is 1.11. The molecule has 0 aliphatic heterocycles. The Hall–Kier alpha value is -1.52. The van der Waals surface area contributed by atoms with E-state index in [0.717, 1.165) is 0 Å². The van der Waals surface area contributed by atoms with Gasteiger partial charge in [-0.2, -0.15) is 0 Å². The van der Waals surface area contributed by atoms with Crippen LogP contribution in [0, 0.1) is 0 Å². The van der Waals surface area contributed by atoms with Crippen molar-refractivity contribution in [1.29, 1.82) is 0 Å². The Bertz CT molecular complexity index is 242. The van der Waals surface area contributed by atoms with E-state index in [-0.39, 0.29) is 0 Å². The lowest BCUT2D eigenvalue weighted by Crippen LogP contribution is -2.00. The fourth-order valence-corrected chi connectivity index (χ4v) is 0.651. The van der Waals surface area contributed by atoms with Crippen LogP contribution < -0.4 is 5.32 Å². The van der Waals surface area contributed by atoms with Gasteiger partial charge in [0.05, 0.1) is 0 Å². The van der Waals surface area contributed by atoms with Crippen LogP contribution in [0.25, 0.3) is 6.08 Å². The SMILES string of the molecule is C=Cc1nnn(O)c1NC. The molecule has 5 heteroatoms. The number of nitrogens with one attached hydrogen (secondary N) is 1. The van der Waals surface area contributed by atoms with E-state index in [4.69, 9.17) is 5.21 Å². The maximum absolute atomic E-state index is 8.90. The zero-order chi connectivity index (χ0) is 7.56. The van der Waals surface area contributed by atoms with Crippen LogP contribution in [0.15, 0.2) is 6.58 Å². The zero-order valence-corrected chi connectivity index (χ0v) is 5.57. The quantitative estimate of drug-likeness (QED) is 0.576. The first kappa shape index (κ1) is 6.60. The fourth-order valence-electron chi connectivity index (χ4n) is 0.651. The Morgan fingerprint density at radius 1 is 1.80 bits per heavy atom. The largest absolute Gasteiger partial charge is 0.409 e. The van der Waals surface area contributed by atoms with Crippen LogP contribution in [0.3, 0.4) is 0 Å². The predicted molar refractivity (Wildman–Crippen MR) is 36.8 cm³/mol. The van der Waals surface area contributed by atoms with Gasteiger partial charge in [-0.15, -0.1) is 5.10 Å². The highest BCUT2D eigenvalue weighted by molar-refractivity contribution is 5.56. The average Bonchev–Trinajstić information content (AvgIpc) is 2.30. The smallest absolute Gasteiger partial charge is 0.193 e. The Morgan fingerprint density at radius 3 is 2.90 bits per heavy atom. The number of hydrogen-bond acceptors (Lipinski definition) is 4. The van der Waals surface area contributed by atoms with Gasteiger partial charge in [-0.1, -0.05) is 11.4 Å². The molecule has 1 heterocycles. The Kier molecular flexibility index (Phi) is 1.57. The van der Waals surface area contributed by atoms with E-state index < -0.39 is 0 Å². The van der Waals surface area contributed by atoms with Crippen molar-refractivity contribution < 1.29 is 5.21 Å². The van der Waals surface area contributed by atoms with E-state index >= 15 is 0 Å². The normalized spacial score (nSPS) is 9.30. The van der Waals surface area contributed by atoms with Crippen molar-refractivity contribution in [1.82, 2.24) is 15.2 Å². The summed E-state index contributed by atoms with van der Waals surface area (Å²) in [4.78, 5) is 0.664. The van der Waals surface area contributed by atoms with Gasteiger partial charge in [0.2, 0.25) is 0 Å². The molecule has 0 aliphatic rings. The molecule has 0 radical (unpaired) electrons. The minimum Gasteiger partial charge on any atom is -0.409 e. The second-order valence-corrected chi connectivity index (χ2v) is 1.67. The van der Waals surface area contributed by atoms with Crippen LogP contribution in [-0.4, -0.2) is 27.4 Å². The van der Waals surface area contributed by atoms with Gasteiger partial charge in [-0.05, 0) is 11.3 Å². The van der Waals surface area contributed by atoms with Gasteiger partial charge < -0.3 is 10.5 Å². The molecule has 2 N–H and O–H groups in total. The molecule has 0 aromatic carbocycles. The maximum atomic E-state index is 8.90. The van der Waals surface area contributed by atoms with Crippen LogP contribution in [0.2, 0.25) is 0 Å². The zero-order valence-electron chi connectivity index (χ0n) is 5.57. The van der Waals surface area contributed by atoms with Crippen LogP contribution in [0.4, 0.5) is 5.82 Å². The Morgan fingerprint density at radius 2 is 2.50 bits per heavy atom. The standard InChI is InChI=1S/C5H8N4O/c1-3-4-5(6-2)9(10)8-7-4/h3,6,10H,1H2,2H3. The van der Waals surface area contributed by atoms with Gasteiger partial charge >= 0.3 is 0 Å². The van der Waals surface area contributed by atoms with E-state index in [0.29, 0.717) is 16.4 Å². The summed E-state index contributed by atoms with van der Waals surface area (Å²) >= 11 is 0. The summed E-state index contributed by atoms with van der Waals surface area (Å²) in [6, 6.07) is 0. The fraction of sp³-hybridized carbons (Fsp3) is 0.200. The van der Waals surface area contributed by atoms with Crippen molar-refractivity contribution in [3.05, 3.63) is 12.3 Å². The highest BCUT2D eigenvalue weighted by Crippen LogP contribution is 2.09. The number of nitrogens with zero attached hydrogens (tertiary/aromatic N) is 3. The van der Waals surface area contributed by atoms with Crippen molar-refractivity contribution in [2.45, 2.75) is 0 Å². The highest BCUT2D eigenvalue weighted by Gasteiger charge is 2.05. The number of hydrogen-bond donors (Lipinski definition) is 2. The molecule has 0 bridgehead atoms. The summed E-state index contributed by atoms with van der Waals surface area (Å²) in [6.07, 6.45) is 1.51. The van der Waals surface area contributed by atoms with Gasteiger partial charge in [0, 0.05) is 7.05 Å². The van der Waals surface area contributed by atoms with Gasteiger partial charge in [-0.3, -0.25) is 0 Å². The topological polar surface area (TPSA) is 63.0 Å². The number of rotatable bonds is 2. The number of aromatic nitrogens is 3. The van der Waals surface area contributed by atoms with E-state index in [2.05, 4.69) is 22.2 Å². The molecule has 0 atom stereocenters. The molecule has 0 aliphatic carbocycles. The lowest BCUT2D eigenvalue weighted by Gasteiger charge is -1.95. The van der Waals surface area contributed by atoms with Crippen molar-refractivity contribution in [3.63, 3.8) is 0 Å². The molecule has 5 nitrogen and oxygen atoms in total. The lowest BCUT2D eigenvalue weighted by molar-refractivity contribution is 0.148. The summed E-state index contributed by atoms with van der Waals surface area (Å²) in [7, 11) is 1.67. The molecular formula is C5H8N4O. The molecule has 0 unspecified atom stereocenters. The monoisotopic (exact) mass is 140 g/mol. The molecule has 54 valence electrons. The first-order chi connectivity index (χ1) is 4.79. The van der Waals surface area contributed by atoms with Gasteiger partial charge in [-0.25, -0.2) is 0 Å². The molecule has 1 aromatic rings. The Labute approximate surface area is 57.9 Å². The second-order valence-electron chi connectivity index (χ2n) is 1.67. The van der Waals surface area contributed by atoms with E-state index in [1.165, 1.54) is 6.08 Å². The van der Waals surface area contributed by atoms with E-state index in [1.54, 1.807) is 7.05 Å². The van der Waals surface area contributed by atoms with Crippen molar-refractivity contribution in [3.8, 4) is 0 Å². The molecule has 0 fully saturated rings. The van der Waals surface area contributed by atoms with Crippen LogP contribution >= 0.6 is 0 Å². The van der Waals surface area contributed by atoms with Crippen LogP contribution in [0.5, 0.6) is 0 Å². The predicted octanol–water partition coefficient (Wildman–Crippen LogP) is 0.200. The van der Waals surface area contributed by atoms with Gasteiger partial charge in [0.1, 0.15) is 5.69 Å². The van der Waals surface area contributed by atoms with Crippen LogP contribution in [0.1, 0.15) is 5.69 Å². The summed E-state index contributed by atoms with van der Waals surface area (Å²) in [5.74, 6) is 0.440. The van der Waals surface area contributed by atoms with E-state index in [1.807, 2.05) is 0 Å². The summed E-state index contributed by atoms with van der Waals surface area (Å²) in [5, 5.41) is 18.5. The van der Waals surface area contributed by atoms with Crippen molar-refractivity contribution >= 4 is 11.9 Å². The van der Waals surface area contributed by atoms with Gasteiger partial charge in [0.25, 0.3) is 0 Å². The second kappa shape index (κ2) is 2.38. The third-order valence-corrected chi connectivity index (χ3v) is 1.11. The molecule has 0 saturated carbocycles. The highest BCUT2D eigenvalue weighted by atomic mass is 16.5. The van der Waals surface area contributed by atoms with Crippen molar-refractivity contribution in [2.75, 3.05) is 12.4 Å². The van der Waals surface area contributed by atoms with Crippen LogP contribution in [-0.2, 0) is 0 Å². The first-order valence-corrected chi connectivity index (χ1v) is 2.74. The third kappa shape index (κ3) is 0.812. The molecule has 0 saturated heterocycles. The summed E-state index contributed by atoms with van der Waals surface area (Å²) < 4.78 is 0.